The molecule has 0 atom stereocenters. The Hall–Kier alpha value is -1.30. The monoisotopic (exact) mass is 192 g/mol. The maximum Gasteiger partial charge on any atom is 0.692 e. The molecule has 0 aliphatic carbocycles. The van der Waals surface area contributed by atoms with Gasteiger partial charge < -0.3 is 5.73 Å². The van der Waals surface area contributed by atoms with Gasteiger partial charge in [0.2, 0.25) is 0 Å². The van der Waals surface area contributed by atoms with Gasteiger partial charge in [0.15, 0.2) is 0 Å². The standard InChI is InChI=1S/C4H5N3O.HO3P/c5-3-1-2-6-4(8)7-3;1-4(2)3/h1-2H,(H3,5,6,7,8);(H-,1,2,3)/p+1. The highest BCUT2D eigenvalue weighted by atomic mass is 31.1. The first-order chi connectivity index (χ1) is 5.52. The Bertz CT molecular complexity index is 307. The van der Waals surface area contributed by atoms with Crippen LogP contribution >= 0.6 is 8.25 Å². The zero-order valence-electron chi connectivity index (χ0n) is 5.84. The van der Waals surface area contributed by atoms with Crippen molar-refractivity contribution in [3.63, 3.8) is 0 Å². The van der Waals surface area contributed by atoms with Crippen molar-refractivity contribution in [2.24, 2.45) is 0 Å². The summed E-state index contributed by atoms with van der Waals surface area (Å²) in [6, 6.07) is 1.52. The maximum atomic E-state index is 10.2. The predicted octanol–water partition coefficient (Wildman–Crippen LogP) is -1.02. The Morgan fingerprint density at radius 2 is 2.08 bits per heavy atom. The number of H-pyrrole nitrogens is 1. The average Bonchev–Trinajstić information content (AvgIpc) is 1.84. The van der Waals surface area contributed by atoms with Crippen LogP contribution in [0.1, 0.15) is 0 Å². The van der Waals surface area contributed by atoms with E-state index in [-0.39, 0.29) is 0 Å². The highest BCUT2D eigenvalue weighted by Crippen LogP contribution is 1.98. The van der Waals surface area contributed by atoms with Gasteiger partial charge in [-0.2, -0.15) is 0 Å². The van der Waals surface area contributed by atoms with Gasteiger partial charge in [-0.3, -0.25) is 4.98 Å². The molecule has 0 saturated carbocycles. The molecular weight excluding hydrogens is 185 g/mol. The minimum atomic E-state index is -2.87. The van der Waals surface area contributed by atoms with Gasteiger partial charge >= 0.3 is 13.9 Å². The van der Waals surface area contributed by atoms with Crippen LogP contribution in [0.4, 0.5) is 5.82 Å². The summed E-state index contributed by atoms with van der Waals surface area (Å²) in [5, 5.41) is 0. The Morgan fingerprint density at radius 3 is 2.33 bits per heavy atom. The minimum Gasteiger partial charge on any atom is -0.385 e. The van der Waals surface area contributed by atoms with Crippen molar-refractivity contribution in [3.05, 3.63) is 22.7 Å². The van der Waals surface area contributed by atoms with Crippen LogP contribution in [0, 0.1) is 0 Å². The summed E-state index contributed by atoms with van der Waals surface area (Å²) < 4.78 is 8.70. The molecule has 8 heteroatoms. The number of hydrogen-bond donors (Lipinski definition) is 4. The number of aromatic nitrogens is 2. The summed E-state index contributed by atoms with van der Waals surface area (Å²) in [5.74, 6) is 0.338. The molecule has 0 amide bonds. The second-order valence-electron chi connectivity index (χ2n) is 1.58. The molecule has 66 valence electrons. The van der Waals surface area contributed by atoms with Crippen LogP contribution in [-0.4, -0.2) is 19.8 Å². The van der Waals surface area contributed by atoms with Crippen molar-refractivity contribution in [2.45, 2.75) is 0 Å². The Morgan fingerprint density at radius 1 is 1.58 bits per heavy atom. The van der Waals surface area contributed by atoms with E-state index in [1.165, 1.54) is 12.3 Å². The molecule has 0 spiro atoms. The van der Waals surface area contributed by atoms with E-state index in [4.69, 9.17) is 20.1 Å². The lowest BCUT2D eigenvalue weighted by molar-refractivity contribution is 0.405. The smallest absolute Gasteiger partial charge is 0.385 e. The lowest BCUT2D eigenvalue weighted by atomic mass is 10.6. The molecular formula is C4H7N3O4P+. The number of rotatable bonds is 0. The first-order valence-corrected chi connectivity index (χ1v) is 3.84. The molecule has 0 aliphatic rings. The van der Waals surface area contributed by atoms with E-state index in [1.54, 1.807) is 0 Å². The zero-order chi connectivity index (χ0) is 9.56. The first kappa shape index (κ1) is 10.7. The Kier molecular flexibility index (Phi) is 4.78. The van der Waals surface area contributed by atoms with Crippen LogP contribution in [-0.2, 0) is 4.57 Å². The number of aromatic amines is 1. The van der Waals surface area contributed by atoms with Gasteiger partial charge in [-0.1, -0.05) is 0 Å². The lowest BCUT2D eigenvalue weighted by Crippen LogP contribution is -2.10. The third-order valence-electron chi connectivity index (χ3n) is 0.697. The van der Waals surface area contributed by atoms with Crippen LogP contribution in [0.5, 0.6) is 0 Å². The van der Waals surface area contributed by atoms with Crippen LogP contribution in [0.15, 0.2) is 17.1 Å². The second-order valence-corrected chi connectivity index (χ2v) is 2.09. The van der Waals surface area contributed by atoms with Crippen LogP contribution in [0.3, 0.4) is 0 Å². The summed E-state index contributed by atoms with van der Waals surface area (Å²) in [6.07, 6.45) is 1.36. The Balaban J connectivity index is 0.000000261. The third kappa shape index (κ3) is 6.81. The number of hydrogen-bond acceptors (Lipinski definition) is 4. The highest BCUT2D eigenvalue weighted by Gasteiger charge is 1.93. The topological polar surface area (TPSA) is 129 Å². The molecule has 7 nitrogen and oxygen atoms in total. The summed E-state index contributed by atoms with van der Waals surface area (Å²) in [5.41, 5.74) is 4.75. The fourth-order valence-electron chi connectivity index (χ4n) is 0.383. The van der Waals surface area contributed by atoms with Gasteiger partial charge in [-0.15, -0.1) is 9.79 Å². The quantitative estimate of drug-likeness (QED) is 0.389. The van der Waals surface area contributed by atoms with E-state index in [2.05, 4.69) is 9.97 Å². The molecule has 0 bridgehead atoms. The summed E-state index contributed by atoms with van der Waals surface area (Å²) >= 11 is 0. The van der Waals surface area contributed by atoms with E-state index in [9.17, 15) is 4.79 Å². The number of nitrogens with zero attached hydrogens (tertiary/aromatic N) is 1. The maximum absolute atomic E-state index is 10.2. The molecule has 1 aromatic rings. The molecule has 1 aromatic heterocycles. The molecule has 0 aromatic carbocycles. The molecule has 1 rings (SSSR count). The van der Waals surface area contributed by atoms with Gasteiger partial charge in [0, 0.05) is 10.8 Å². The van der Waals surface area contributed by atoms with Crippen LogP contribution in [0.2, 0.25) is 0 Å². The second kappa shape index (κ2) is 5.36. The normalized spacial score (nSPS) is 8.17. The SMILES string of the molecule is Nc1ccnc(=O)[nH]1.O=[P+](O)O. The molecule has 0 radical (unpaired) electrons. The molecule has 0 aliphatic heterocycles. The van der Waals surface area contributed by atoms with Crippen molar-refractivity contribution in [3.8, 4) is 0 Å². The van der Waals surface area contributed by atoms with Gasteiger partial charge in [0.1, 0.15) is 5.82 Å². The van der Waals surface area contributed by atoms with Crippen molar-refractivity contribution in [2.75, 3.05) is 5.73 Å². The van der Waals surface area contributed by atoms with E-state index in [0.717, 1.165) is 0 Å². The van der Waals surface area contributed by atoms with E-state index in [1.807, 2.05) is 0 Å². The van der Waals surface area contributed by atoms with E-state index >= 15 is 0 Å². The fourth-order valence-corrected chi connectivity index (χ4v) is 0.383. The van der Waals surface area contributed by atoms with E-state index in [0.29, 0.717) is 5.82 Å². The molecule has 0 fully saturated rings. The summed E-state index contributed by atoms with van der Waals surface area (Å²) in [6.45, 7) is 0. The Labute approximate surface area is 67.8 Å². The summed E-state index contributed by atoms with van der Waals surface area (Å²) in [7, 11) is -2.87. The van der Waals surface area contributed by atoms with Gasteiger partial charge in [0.25, 0.3) is 0 Å². The van der Waals surface area contributed by atoms with Crippen LogP contribution < -0.4 is 11.4 Å². The third-order valence-corrected chi connectivity index (χ3v) is 0.697. The van der Waals surface area contributed by atoms with Crippen molar-refractivity contribution >= 4 is 14.1 Å². The van der Waals surface area contributed by atoms with Crippen molar-refractivity contribution in [1.82, 2.24) is 9.97 Å². The number of anilines is 1. The number of nitrogens with one attached hydrogen (secondary N) is 1. The van der Waals surface area contributed by atoms with Gasteiger partial charge in [-0.05, 0) is 6.07 Å². The van der Waals surface area contributed by atoms with Gasteiger partial charge in [0.05, 0.1) is 0 Å². The van der Waals surface area contributed by atoms with Crippen LogP contribution in [0.25, 0.3) is 0 Å². The molecule has 1 heterocycles. The molecule has 0 saturated heterocycles. The minimum absolute atomic E-state index is 0.338. The number of nitrogen functional groups attached to an aromatic ring is 1. The van der Waals surface area contributed by atoms with Crippen molar-refractivity contribution < 1.29 is 14.4 Å². The largest absolute Gasteiger partial charge is 0.692 e. The average molecular weight is 192 g/mol. The fraction of sp³-hybridized carbons (Fsp3) is 0. The highest BCUT2D eigenvalue weighted by molar-refractivity contribution is 7.30. The lowest BCUT2D eigenvalue weighted by Gasteiger charge is -1.84. The molecule has 5 N–H and O–H groups in total. The zero-order valence-corrected chi connectivity index (χ0v) is 6.73. The predicted molar refractivity (Wildman–Crippen MR) is 41.3 cm³/mol. The summed E-state index contributed by atoms with van der Waals surface area (Å²) in [4.78, 5) is 30.1. The van der Waals surface area contributed by atoms with Gasteiger partial charge in [-0.25, -0.2) is 9.78 Å². The number of nitrogens with two attached hydrogens (primary N) is 1. The molecule has 0 unspecified atom stereocenters. The van der Waals surface area contributed by atoms with E-state index < -0.39 is 13.9 Å². The van der Waals surface area contributed by atoms with Crippen molar-refractivity contribution in [1.29, 1.82) is 0 Å². The molecule has 12 heavy (non-hydrogen) atoms. The first-order valence-electron chi connectivity index (χ1n) is 2.68.